The third-order valence-electron chi connectivity index (χ3n) is 1.11. The maximum absolute atomic E-state index is 5.73. The van der Waals surface area contributed by atoms with E-state index >= 15 is 0 Å². The van der Waals surface area contributed by atoms with Crippen LogP contribution in [0.15, 0.2) is 18.5 Å². The Labute approximate surface area is 70.1 Å². The fraction of sp³-hybridized carbons (Fsp3) is 0.286. The predicted molar refractivity (Wildman–Crippen MR) is 43.8 cm³/mol. The first-order valence-corrected chi connectivity index (χ1v) is 3.65. The van der Waals surface area contributed by atoms with Crippen molar-refractivity contribution < 1.29 is 4.74 Å². The SMILES string of the molecule is NCCOc1ccncc1Cl. The van der Waals surface area contributed by atoms with Crippen LogP contribution < -0.4 is 10.5 Å². The zero-order valence-corrected chi connectivity index (χ0v) is 6.71. The number of aromatic nitrogens is 1. The van der Waals surface area contributed by atoms with Crippen molar-refractivity contribution in [2.24, 2.45) is 5.73 Å². The molecule has 0 saturated heterocycles. The van der Waals surface area contributed by atoms with Gasteiger partial charge in [-0.15, -0.1) is 0 Å². The lowest BCUT2D eigenvalue weighted by Gasteiger charge is -2.04. The van der Waals surface area contributed by atoms with E-state index in [0.717, 1.165) is 0 Å². The average Bonchev–Trinajstić information content (AvgIpc) is 2.03. The summed E-state index contributed by atoms with van der Waals surface area (Å²) in [6, 6.07) is 1.71. The van der Waals surface area contributed by atoms with Gasteiger partial charge in [0.25, 0.3) is 0 Å². The summed E-state index contributed by atoms with van der Waals surface area (Å²) in [5.74, 6) is 0.632. The summed E-state index contributed by atoms with van der Waals surface area (Å²) >= 11 is 5.73. The molecule has 0 fully saturated rings. The van der Waals surface area contributed by atoms with Crippen molar-refractivity contribution in [1.29, 1.82) is 0 Å². The lowest BCUT2D eigenvalue weighted by atomic mass is 10.4. The molecule has 1 aromatic rings. The van der Waals surface area contributed by atoms with Crippen LogP contribution in [-0.2, 0) is 0 Å². The molecule has 0 bridgehead atoms. The summed E-state index contributed by atoms with van der Waals surface area (Å²) in [6.45, 7) is 0.961. The highest BCUT2D eigenvalue weighted by Crippen LogP contribution is 2.21. The quantitative estimate of drug-likeness (QED) is 0.742. The molecule has 11 heavy (non-hydrogen) atoms. The van der Waals surface area contributed by atoms with E-state index in [2.05, 4.69) is 4.98 Å². The van der Waals surface area contributed by atoms with Crippen molar-refractivity contribution in [2.75, 3.05) is 13.2 Å². The third kappa shape index (κ3) is 2.37. The lowest BCUT2D eigenvalue weighted by molar-refractivity contribution is 0.328. The van der Waals surface area contributed by atoms with E-state index in [1.807, 2.05) is 0 Å². The Morgan fingerprint density at radius 2 is 2.45 bits per heavy atom. The van der Waals surface area contributed by atoms with Gasteiger partial charge in [0.1, 0.15) is 17.4 Å². The fourth-order valence-electron chi connectivity index (χ4n) is 0.648. The number of nitrogens with zero attached hydrogens (tertiary/aromatic N) is 1. The molecule has 0 atom stereocenters. The van der Waals surface area contributed by atoms with Crippen LogP contribution >= 0.6 is 11.6 Å². The molecule has 1 heterocycles. The van der Waals surface area contributed by atoms with E-state index in [4.69, 9.17) is 22.1 Å². The highest BCUT2D eigenvalue weighted by molar-refractivity contribution is 6.31. The minimum absolute atomic E-state index is 0.476. The van der Waals surface area contributed by atoms with Crippen molar-refractivity contribution in [3.8, 4) is 5.75 Å². The maximum Gasteiger partial charge on any atom is 0.141 e. The number of ether oxygens (including phenoxy) is 1. The first kappa shape index (κ1) is 8.30. The summed E-state index contributed by atoms with van der Waals surface area (Å²) < 4.78 is 5.19. The first-order chi connectivity index (χ1) is 5.34. The second-order valence-corrected chi connectivity index (χ2v) is 2.35. The first-order valence-electron chi connectivity index (χ1n) is 3.27. The number of nitrogens with two attached hydrogens (primary N) is 1. The molecule has 1 aromatic heterocycles. The van der Waals surface area contributed by atoms with Crippen LogP contribution in [0.4, 0.5) is 0 Å². The molecule has 4 heteroatoms. The van der Waals surface area contributed by atoms with Gasteiger partial charge in [-0.25, -0.2) is 0 Å². The maximum atomic E-state index is 5.73. The second kappa shape index (κ2) is 4.16. The summed E-state index contributed by atoms with van der Waals surface area (Å²) in [4.78, 5) is 3.81. The third-order valence-corrected chi connectivity index (χ3v) is 1.39. The highest BCUT2D eigenvalue weighted by Gasteiger charge is 1.97. The Hall–Kier alpha value is -0.800. The van der Waals surface area contributed by atoms with Crippen molar-refractivity contribution in [3.63, 3.8) is 0 Å². The van der Waals surface area contributed by atoms with E-state index in [0.29, 0.717) is 23.9 Å². The molecule has 0 unspecified atom stereocenters. The van der Waals surface area contributed by atoms with E-state index in [-0.39, 0.29) is 0 Å². The van der Waals surface area contributed by atoms with Gasteiger partial charge in [-0.2, -0.15) is 0 Å². The van der Waals surface area contributed by atoms with E-state index < -0.39 is 0 Å². The van der Waals surface area contributed by atoms with Crippen LogP contribution in [-0.4, -0.2) is 18.1 Å². The van der Waals surface area contributed by atoms with Gasteiger partial charge in [-0.1, -0.05) is 11.6 Å². The highest BCUT2D eigenvalue weighted by atomic mass is 35.5. The van der Waals surface area contributed by atoms with Crippen molar-refractivity contribution in [1.82, 2.24) is 4.98 Å². The number of hydrogen-bond acceptors (Lipinski definition) is 3. The van der Waals surface area contributed by atoms with Gasteiger partial charge in [-0.05, 0) is 0 Å². The molecular formula is C7H9ClN2O. The largest absolute Gasteiger partial charge is 0.491 e. The van der Waals surface area contributed by atoms with Crippen LogP contribution in [0.2, 0.25) is 5.02 Å². The zero-order valence-electron chi connectivity index (χ0n) is 5.96. The van der Waals surface area contributed by atoms with E-state index in [9.17, 15) is 0 Å². The molecule has 0 aliphatic rings. The molecule has 3 nitrogen and oxygen atoms in total. The Balaban J connectivity index is 2.62. The smallest absolute Gasteiger partial charge is 0.141 e. The molecule has 0 amide bonds. The Kier molecular flexibility index (Phi) is 3.14. The molecule has 0 spiro atoms. The average molecular weight is 173 g/mol. The Bertz CT molecular complexity index is 229. The van der Waals surface area contributed by atoms with E-state index in [1.54, 1.807) is 12.3 Å². The number of pyridine rings is 1. The van der Waals surface area contributed by atoms with Gasteiger partial charge >= 0.3 is 0 Å². The van der Waals surface area contributed by atoms with Crippen molar-refractivity contribution >= 4 is 11.6 Å². The fourth-order valence-corrected chi connectivity index (χ4v) is 0.822. The number of hydrogen-bond donors (Lipinski definition) is 1. The van der Waals surface area contributed by atoms with Gasteiger partial charge in [0.05, 0.1) is 0 Å². The topological polar surface area (TPSA) is 48.1 Å². The number of rotatable bonds is 3. The van der Waals surface area contributed by atoms with Gasteiger partial charge < -0.3 is 10.5 Å². The van der Waals surface area contributed by atoms with Crippen molar-refractivity contribution in [3.05, 3.63) is 23.5 Å². The Morgan fingerprint density at radius 1 is 1.64 bits per heavy atom. The minimum Gasteiger partial charge on any atom is -0.491 e. The summed E-state index contributed by atoms with van der Waals surface area (Å²) in [5.41, 5.74) is 5.24. The molecule has 0 aromatic carbocycles. The van der Waals surface area contributed by atoms with Gasteiger partial charge in [0.2, 0.25) is 0 Å². The number of halogens is 1. The Morgan fingerprint density at radius 3 is 3.09 bits per heavy atom. The molecule has 0 saturated carbocycles. The van der Waals surface area contributed by atoms with Crippen LogP contribution in [0.25, 0.3) is 0 Å². The minimum atomic E-state index is 0.476. The normalized spacial score (nSPS) is 9.64. The van der Waals surface area contributed by atoms with Crippen LogP contribution in [0.3, 0.4) is 0 Å². The van der Waals surface area contributed by atoms with Crippen LogP contribution in [0, 0.1) is 0 Å². The van der Waals surface area contributed by atoms with Crippen LogP contribution in [0.1, 0.15) is 0 Å². The second-order valence-electron chi connectivity index (χ2n) is 1.94. The molecule has 60 valence electrons. The zero-order chi connectivity index (χ0) is 8.10. The van der Waals surface area contributed by atoms with E-state index in [1.165, 1.54) is 6.20 Å². The van der Waals surface area contributed by atoms with Crippen LogP contribution in [0.5, 0.6) is 5.75 Å². The molecule has 0 radical (unpaired) electrons. The summed E-state index contributed by atoms with van der Waals surface area (Å²) in [6.07, 6.45) is 3.16. The van der Waals surface area contributed by atoms with Gasteiger partial charge in [0.15, 0.2) is 0 Å². The molecule has 2 N–H and O–H groups in total. The summed E-state index contributed by atoms with van der Waals surface area (Å²) in [7, 11) is 0. The summed E-state index contributed by atoms with van der Waals surface area (Å²) in [5, 5.41) is 0.515. The monoisotopic (exact) mass is 172 g/mol. The molecular weight excluding hydrogens is 164 g/mol. The predicted octanol–water partition coefficient (Wildman–Crippen LogP) is 1.07. The van der Waals surface area contributed by atoms with Crippen molar-refractivity contribution in [2.45, 2.75) is 0 Å². The van der Waals surface area contributed by atoms with Gasteiger partial charge in [0, 0.05) is 25.0 Å². The molecule has 1 rings (SSSR count). The molecule has 0 aliphatic carbocycles. The molecule has 0 aliphatic heterocycles. The standard InChI is InChI=1S/C7H9ClN2O/c8-6-5-10-3-1-7(6)11-4-2-9/h1,3,5H,2,4,9H2. The van der Waals surface area contributed by atoms with Gasteiger partial charge in [-0.3, -0.25) is 4.98 Å². The lowest BCUT2D eigenvalue weighted by Crippen LogP contribution is -2.10.